The molecule has 1 N–H and O–H groups in total. The molecule has 1 fully saturated rings. The maximum Gasteiger partial charge on any atom is 0.317 e. The third-order valence-electron chi connectivity index (χ3n) is 3.59. The SMILES string of the molecule is CCOC(=O)C1CCN(C(=O)NCCCOCC(C)C)CC1. The zero-order valence-electron chi connectivity index (χ0n) is 14.1. The molecule has 22 heavy (non-hydrogen) atoms. The van der Waals surface area contributed by atoms with Crippen LogP contribution in [0.1, 0.15) is 40.0 Å². The molecule has 0 aromatic carbocycles. The van der Waals surface area contributed by atoms with E-state index in [2.05, 4.69) is 19.2 Å². The van der Waals surface area contributed by atoms with E-state index in [1.807, 2.05) is 6.92 Å². The number of nitrogens with one attached hydrogen (secondary N) is 1. The highest BCUT2D eigenvalue weighted by Crippen LogP contribution is 2.18. The van der Waals surface area contributed by atoms with Crippen molar-refractivity contribution in [1.29, 1.82) is 0 Å². The lowest BCUT2D eigenvalue weighted by molar-refractivity contribution is -0.149. The summed E-state index contributed by atoms with van der Waals surface area (Å²) in [5, 5.41) is 2.90. The first kappa shape index (κ1) is 18.7. The number of amides is 2. The van der Waals surface area contributed by atoms with Crippen LogP contribution in [0.3, 0.4) is 0 Å². The van der Waals surface area contributed by atoms with Crippen LogP contribution in [-0.2, 0) is 14.3 Å². The lowest BCUT2D eigenvalue weighted by Crippen LogP contribution is -2.46. The topological polar surface area (TPSA) is 67.9 Å². The second-order valence-electron chi connectivity index (χ2n) is 6.07. The minimum absolute atomic E-state index is 0.0498. The second kappa shape index (κ2) is 10.4. The minimum atomic E-state index is -0.134. The largest absolute Gasteiger partial charge is 0.466 e. The Morgan fingerprint density at radius 3 is 2.55 bits per heavy atom. The Bertz CT molecular complexity index is 339. The molecule has 0 aliphatic carbocycles. The summed E-state index contributed by atoms with van der Waals surface area (Å²) in [6, 6.07) is -0.0498. The van der Waals surface area contributed by atoms with Gasteiger partial charge in [0.2, 0.25) is 0 Å². The van der Waals surface area contributed by atoms with Crippen LogP contribution in [-0.4, -0.2) is 56.4 Å². The quantitative estimate of drug-likeness (QED) is 0.550. The highest BCUT2D eigenvalue weighted by Gasteiger charge is 2.27. The molecule has 0 spiro atoms. The Morgan fingerprint density at radius 2 is 1.95 bits per heavy atom. The molecule has 0 unspecified atom stereocenters. The molecule has 0 bridgehead atoms. The predicted molar refractivity (Wildman–Crippen MR) is 84.6 cm³/mol. The zero-order valence-corrected chi connectivity index (χ0v) is 14.1. The molecule has 6 nitrogen and oxygen atoms in total. The molecule has 2 amide bonds. The molecular formula is C16H30N2O4. The van der Waals surface area contributed by atoms with E-state index in [4.69, 9.17) is 9.47 Å². The van der Waals surface area contributed by atoms with Gasteiger partial charge in [-0.05, 0) is 32.1 Å². The van der Waals surface area contributed by atoms with Crippen molar-refractivity contribution < 1.29 is 19.1 Å². The predicted octanol–water partition coefficient (Wildman–Crippen LogP) is 2.03. The highest BCUT2D eigenvalue weighted by atomic mass is 16.5. The molecule has 0 radical (unpaired) electrons. The molecule has 0 aromatic heterocycles. The van der Waals surface area contributed by atoms with Gasteiger partial charge in [-0.15, -0.1) is 0 Å². The van der Waals surface area contributed by atoms with Crippen LogP contribution >= 0.6 is 0 Å². The van der Waals surface area contributed by atoms with Crippen LogP contribution in [0.4, 0.5) is 4.79 Å². The van der Waals surface area contributed by atoms with Gasteiger partial charge in [-0.2, -0.15) is 0 Å². The van der Waals surface area contributed by atoms with Gasteiger partial charge in [0.05, 0.1) is 12.5 Å². The van der Waals surface area contributed by atoms with Crippen molar-refractivity contribution >= 4 is 12.0 Å². The number of ether oxygens (including phenoxy) is 2. The van der Waals surface area contributed by atoms with Gasteiger partial charge in [-0.1, -0.05) is 13.8 Å². The lowest BCUT2D eigenvalue weighted by Gasteiger charge is -2.30. The van der Waals surface area contributed by atoms with Crippen molar-refractivity contribution in [1.82, 2.24) is 10.2 Å². The smallest absolute Gasteiger partial charge is 0.317 e. The number of hydrogen-bond donors (Lipinski definition) is 1. The zero-order chi connectivity index (χ0) is 16.4. The van der Waals surface area contributed by atoms with Crippen molar-refractivity contribution in [2.75, 3.05) is 39.5 Å². The van der Waals surface area contributed by atoms with Gasteiger partial charge in [0.15, 0.2) is 0 Å². The molecule has 0 aromatic rings. The average molecular weight is 314 g/mol. The van der Waals surface area contributed by atoms with Gasteiger partial charge in [0.25, 0.3) is 0 Å². The molecule has 0 saturated carbocycles. The fraction of sp³-hybridized carbons (Fsp3) is 0.875. The Morgan fingerprint density at radius 1 is 1.27 bits per heavy atom. The van der Waals surface area contributed by atoms with E-state index in [1.54, 1.807) is 4.90 Å². The number of nitrogens with zero attached hydrogens (tertiary/aromatic N) is 1. The number of carbonyl (C=O) groups excluding carboxylic acids is 2. The first-order valence-corrected chi connectivity index (χ1v) is 8.31. The molecule has 1 saturated heterocycles. The number of likely N-dealkylation sites (tertiary alicyclic amines) is 1. The van der Waals surface area contributed by atoms with Gasteiger partial charge in [0, 0.05) is 32.8 Å². The van der Waals surface area contributed by atoms with E-state index in [-0.39, 0.29) is 17.9 Å². The first-order chi connectivity index (χ1) is 10.5. The molecule has 1 rings (SSSR count). The standard InChI is InChI=1S/C16H30N2O4/c1-4-22-15(19)14-6-9-18(10-7-14)16(20)17-8-5-11-21-12-13(2)3/h13-14H,4-12H2,1-3H3,(H,17,20). The van der Waals surface area contributed by atoms with E-state index in [1.165, 1.54) is 0 Å². The first-order valence-electron chi connectivity index (χ1n) is 8.31. The third kappa shape index (κ3) is 7.11. The molecule has 1 aliphatic heterocycles. The lowest BCUT2D eigenvalue weighted by atomic mass is 9.97. The van der Waals surface area contributed by atoms with Crippen LogP contribution in [0.2, 0.25) is 0 Å². The fourth-order valence-corrected chi connectivity index (χ4v) is 2.38. The highest BCUT2D eigenvalue weighted by molar-refractivity contribution is 5.76. The van der Waals surface area contributed by atoms with Crippen molar-refractivity contribution in [3.05, 3.63) is 0 Å². The number of urea groups is 1. The van der Waals surface area contributed by atoms with E-state index < -0.39 is 0 Å². The molecule has 1 heterocycles. The maximum absolute atomic E-state index is 12.0. The summed E-state index contributed by atoms with van der Waals surface area (Å²) in [6.45, 7) is 9.72. The summed E-state index contributed by atoms with van der Waals surface area (Å²) in [7, 11) is 0. The van der Waals surface area contributed by atoms with Gasteiger partial charge >= 0.3 is 12.0 Å². The molecule has 128 valence electrons. The number of carbonyl (C=O) groups is 2. The van der Waals surface area contributed by atoms with Crippen LogP contribution in [0.5, 0.6) is 0 Å². The Kier molecular flexibility index (Phi) is 8.89. The third-order valence-corrected chi connectivity index (χ3v) is 3.59. The maximum atomic E-state index is 12.0. The molecule has 0 atom stereocenters. The van der Waals surface area contributed by atoms with Crippen LogP contribution < -0.4 is 5.32 Å². The van der Waals surface area contributed by atoms with Gasteiger partial charge < -0.3 is 19.7 Å². The van der Waals surface area contributed by atoms with Crippen LogP contribution in [0.25, 0.3) is 0 Å². The van der Waals surface area contributed by atoms with Crippen LogP contribution in [0, 0.1) is 11.8 Å². The number of hydrogen-bond acceptors (Lipinski definition) is 4. The van der Waals surface area contributed by atoms with E-state index >= 15 is 0 Å². The van der Waals surface area contributed by atoms with Crippen molar-refractivity contribution in [3.63, 3.8) is 0 Å². The normalized spacial score (nSPS) is 15.9. The fourth-order valence-electron chi connectivity index (χ4n) is 2.38. The minimum Gasteiger partial charge on any atom is -0.466 e. The summed E-state index contributed by atoms with van der Waals surface area (Å²) in [6.07, 6.45) is 2.19. The number of piperidine rings is 1. The van der Waals surface area contributed by atoms with Crippen LogP contribution in [0.15, 0.2) is 0 Å². The summed E-state index contributed by atoms with van der Waals surface area (Å²) in [5.74, 6) is 0.341. The van der Waals surface area contributed by atoms with Crippen molar-refractivity contribution in [2.24, 2.45) is 11.8 Å². The Labute approximate surface area is 133 Å². The number of esters is 1. The van der Waals surface area contributed by atoms with E-state index in [0.29, 0.717) is 51.6 Å². The average Bonchev–Trinajstić information content (AvgIpc) is 2.50. The summed E-state index contributed by atoms with van der Waals surface area (Å²) in [4.78, 5) is 25.4. The van der Waals surface area contributed by atoms with Gasteiger partial charge in [-0.25, -0.2) is 4.79 Å². The Balaban J connectivity index is 2.11. The van der Waals surface area contributed by atoms with Crippen molar-refractivity contribution in [3.8, 4) is 0 Å². The monoisotopic (exact) mass is 314 g/mol. The summed E-state index contributed by atoms with van der Waals surface area (Å²) in [5.41, 5.74) is 0. The molecule has 1 aliphatic rings. The van der Waals surface area contributed by atoms with E-state index in [9.17, 15) is 9.59 Å². The molecular weight excluding hydrogens is 284 g/mol. The van der Waals surface area contributed by atoms with Crippen molar-refractivity contribution in [2.45, 2.75) is 40.0 Å². The Hall–Kier alpha value is -1.30. The van der Waals surface area contributed by atoms with Gasteiger partial charge in [-0.3, -0.25) is 4.79 Å². The van der Waals surface area contributed by atoms with Gasteiger partial charge in [0.1, 0.15) is 0 Å². The number of rotatable bonds is 8. The van der Waals surface area contributed by atoms with E-state index in [0.717, 1.165) is 13.0 Å². The summed E-state index contributed by atoms with van der Waals surface area (Å²) < 4.78 is 10.5. The second-order valence-corrected chi connectivity index (χ2v) is 6.07. The summed E-state index contributed by atoms with van der Waals surface area (Å²) >= 11 is 0. The molecule has 6 heteroatoms.